The number of hydrogen-bond acceptors (Lipinski definition) is 2. The molecule has 1 saturated carbocycles. The molecule has 0 aromatic heterocycles. The molecule has 0 heterocycles. The van der Waals surface area contributed by atoms with Gasteiger partial charge >= 0.3 is 0 Å². The highest BCUT2D eigenvalue weighted by Crippen LogP contribution is 2.30. The van der Waals surface area contributed by atoms with Crippen molar-refractivity contribution >= 4 is 11.8 Å². The molecule has 1 N–H and O–H groups in total. The van der Waals surface area contributed by atoms with Gasteiger partial charge in [0.25, 0.3) is 0 Å². The van der Waals surface area contributed by atoms with Gasteiger partial charge in [-0.3, -0.25) is 9.59 Å². The lowest BCUT2D eigenvalue weighted by atomic mass is 9.87. The molecular weight excluding hydrogens is 504 g/mol. The molecule has 2 amide bonds. The van der Waals surface area contributed by atoms with Crippen molar-refractivity contribution in [3.05, 3.63) is 144 Å². The van der Waals surface area contributed by atoms with E-state index in [0.29, 0.717) is 13.0 Å². The lowest BCUT2D eigenvalue weighted by Gasteiger charge is -2.34. The minimum atomic E-state index is -0.612. The fourth-order valence-corrected chi connectivity index (χ4v) is 5.97. The van der Waals surface area contributed by atoms with Gasteiger partial charge in [0.2, 0.25) is 11.8 Å². The van der Waals surface area contributed by atoms with Gasteiger partial charge in [-0.15, -0.1) is 0 Å². The van der Waals surface area contributed by atoms with Crippen LogP contribution in [0.2, 0.25) is 0 Å². The second-order valence-corrected chi connectivity index (χ2v) is 11.1. The average molecular weight is 545 g/mol. The van der Waals surface area contributed by atoms with Gasteiger partial charge in [0.05, 0.1) is 0 Å². The van der Waals surface area contributed by atoms with Crippen LogP contribution in [0, 0.1) is 0 Å². The van der Waals surface area contributed by atoms with Crippen molar-refractivity contribution in [3.8, 4) is 0 Å². The fourth-order valence-electron chi connectivity index (χ4n) is 5.97. The van der Waals surface area contributed by atoms with Crippen LogP contribution >= 0.6 is 0 Å². The Bertz CT molecular complexity index is 1310. The Morgan fingerprint density at radius 1 is 0.659 bits per heavy atom. The third-order valence-corrected chi connectivity index (χ3v) is 8.20. The minimum absolute atomic E-state index is 0.0220. The van der Waals surface area contributed by atoms with Crippen molar-refractivity contribution in [2.24, 2.45) is 0 Å². The molecule has 5 rings (SSSR count). The van der Waals surface area contributed by atoms with E-state index in [1.165, 1.54) is 6.42 Å². The Labute approximate surface area is 244 Å². The summed E-state index contributed by atoms with van der Waals surface area (Å²) in [4.78, 5) is 30.4. The van der Waals surface area contributed by atoms with Gasteiger partial charge in [-0.1, -0.05) is 141 Å². The summed E-state index contributed by atoms with van der Waals surface area (Å²) in [6, 6.07) is 40.1. The number of hydrogen-bond donors (Lipinski definition) is 1. The third-order valence-electron chi connectivity index (χ3n) is 8.20. The SMILES string of the molecule is O=C(NC1CCCCC1)C(Cc1ccccc1)N(Cc1ccccc1)C(=O)CC(c1ccccc1)c1ccccc1. The van der Waals surface area contributed by atoms with Crippen molar-refractivity contribution in [2.45, 2.75) is 69.5 Å². The largest absolute Gasteiger partial charge is 0.352 e. The van der Waals surface area contributed by atoms with E-state index in [1.807, 2.05) is 102 Å². The third kappa shape index (κ3) is 7.94. The molecule has 1 atom stereocenters. The van der Waals surface area contributed by atoms with Crippen LogP contribution in [0.4, 0.5) is 0 Å². The van der Waals surface area contributed by atoms with Crippen LogP contribution in [0.15, 0.2) is 121 Å². The summed E-state index contributed by atoms with van der Waals surface area (Å²) in [6.45, 7) is 0.381. The number of carbonyl (C=O) groups excluding carboxylic acids is 2. The Balaban J connectivity index is 1.49. The molecule has 4 aromatic rings. The summed E-state index contributed by atoms with van der Waals surface area (Å²) < 4.78 is 0. The van der Waals surface area contributed by atoms with Gasteiger partial charge in [-0.25, -0.2) is 0 Å². The van der Waals surface area contributed by atoms with E-state index in [4.69, 9.17) is 0 Å². The van der Waals surface area contributed by atoms with Crippen molar-refractivity contribution in [3.63, 3.8) is 0 Å². The first-order valence-electron chi connectivity index (χ1n) is 14.9. The first-order chi connectivity index (χ1) is 20.2. The Morgan fingerprint density at radius 2 is 1.15 bits per heavy atom. The van der Waals surface area contributed by atoms with E-state index < -0.39 is 6.04 Å². The van der Waals surface area contributed by atoms with Crippen LogP contribution in [0.5, 0.6) is 0 Å². The molecule has 0 spiro atoms. The highest BCUT2D eigenvalue weighted by Gasteiger charge is 2.33. The summed E-state index contributed by atoms with van der Waals surface area (Å²) >= 11 is 0. The molecule has 4 aromatic carbocycles. The number of benzene rings is 4. The van der Waals surface area contributed by atoms with Crippen LogP contribution in [0.25, 0.3) is 0 Å². The molecule has 0 bridgehead atoms. The molecule has 41 heavy (non-hydrogen) atoms. The normalized spacial score (nSPS) is 14.4. The topological polar surface area (TPSA) is 49.4 Å². The molecule has 0 saturated heterocycles. The second-order valence-electron chi connectivity index (χ2n) is 11.1. The molecule has 0 aliphatic heterocycles. The highest BCUT2D eigenvalue weighted by molar-refractivity contribution is 5.88. The standard InChI is InChI=1S/C37H40N2O2/c40-36(27-34(31-20-10-3-11-21-31)32-22-12-4-13-23-32)39(28-30-18-8-2-9-19-30)35(26-29-16-6-1-7-17-29)37(41)38-33-24-14-5-15-25-33/h1-4,6-13,16-23,33-35H,5,14-15,24-28H2,(H,38,41). The number of nitrogens with zero attached hydrogens (tertiary/aromatic N) is 1. The van der Waals surface area contributed by atoms with E-state index in [2.05, 4.69) is 29.6 Å². The van der Waals surface area contributed by atoms with Gasteiger partial charge in [0, 0.05) is 31.3 Å². The van der Waals surface area contributed by atoms with Gasteiger partial charge < -0.3 is 10.2 Å². The van der Waals surface area contributed by atoms with E-state index >= 15 is 0 Å². The Hall–Kier alpha value is -4.18. The van der Waals surface area contributed by atoms with Crippen molar-refractivity contribution in [2.75, 3.05) is 0 Å². The quantitative estimate of drug-likeness (QED) is 0.215. The molecule has 1 fully saturated rings. The highest BCUT2D eigenvalue weighted by atomic mass is 16.2. The van der Waals surface area contributed by atoms with Crippen molar-refractivity contribution in [1.82, 2.24) is 10.2 Å². The Morgan fingerprint density at radius 3 is 1.68 bits per heavy atom. The molecule has 210 valence electrons. The molecule has 1 unspecified atom stereocenters. The zero-order valence-electron chi connectivity index (χ0n) is 23.7. The predicted molar refractivity (Wildman–Crippen MR) is 165 cm³/mol. The summed E-state index contributed by atoms with van der Waals surface area (Å²) in [6.07, 6.45) is 6.25. The Kier molecular flexibility index (Phi) is 9.99. The molecule has 0 radical (unpaired) electrons. The summed E-state index contributed by atoms with van der Waals surface area (Å²) in [7, 11) is 0. The van der Waals surface area contributed by atoms with E-state index in [-0.39, 0.29) is 30.2 Å². The molecule has 4 heteroatoms. The second kappa shape index (κ2) is 14.5. The molecule has 1 aliphatic carbocycles. The number of nitrogens with one attached hydrogen (secondary N) is 1. The maximum absolute atomic E-state index is 14.5. The van der Waals surface area contributed by atoms with Crippen LogP contribution in [0.3, 0.4) is 0 Å². The average Bonchev–Trinajstić information content (AvgIpc) is 3.03. The molecule has 4 nitrogen and oxygen atoms in total. The lowest BCUT2D eigenvalue weighted by Crippen LogP contribution is -2.53. The summed E-state index contributed by atoms with van der Waals surface area (Å²) in [5, 5.41) is 3.34. The predicted octanol–water partition coefficient (Wildman–Crippen LogP) is 7.30. The van der Waals surface area contributed by atoms with Gasteiger partial charge in [-0.2, -0.15) is 0 Å². The lowest BCUT2D eigenvalue weighted by molar-refractivity contribution is -0.141. The number of rotatable bonds is 11. The zero-order valence-corrected chi connectivity index (χ0v) is 23.7. The van der Waals surface area contributed by atoms with Crippen LogP contribution < -0.4 is 5.32 Å². The summed E-state index contributed by atoms with van der Waals surface area (Å²) in [5.41, 5.74) is 4.25. The minimum Gasteiger partial charge on any atom is -0.352 e. The van der Waals surface area contributed by atoms with E-state index in [1.54, 1.807) is 0 Å². The van der Waals surface area contributed by atoms with Crippen LogP contribution in [0.1, 0.15) is 66.7 Å². The fraction of sp³-hybridized carbons (Fsp3) is 0.297. The maximum atomic E-state index is 14.5. The monoisotopic (exact) mass is 544 g/mol. The van der Waals surface area contributed by atoms with E-state index in [0.717, 1.165) is 47.9 Å². The zero-order chi connectivity index (χ0) is 28.3. The van der Waals surface area contributed by atoms with Crippen molar-refractivity contribution < 1.29 is 9.59 Å². The maximum Gasteiger partial charge on any atom is 0.243 e. The van der Waals surface area contributed by atoms with Crippen molar-refractivity contribution in [1.29, 1.82) is 0 Å². The van der Waals surface area contributed by atoms with E-state index in [9.17, 15) is 9.59 Å². The first-order valence-corrected chi connectivity index (χ1v) is 14.9. The molecule has 1 aliphatic rings. The molecular formula is C37H40N2O2. The summed E-state index contributed by atoms with van der Waals surface area (Å²) in [5.74, 6) is -0.186. The number of carbonyl (C=O) groups is 2. The van der Waals surface area contributed by atoms with Crippen LogP contribution in [-0.2, 0) is 22.6 Å². The number of amides is 2. The van der Waals surface area contributed by atoms with Crippen LogP contribution in [-0.4, -0.2) is 28.8 Å². The van der Waals surface area contributed by atoms with Gasteiger partial charge in [0.1, 0.15) is 6.04 Å². The smallest absolute Gasteiger partial charge is 0.243 e. The first kappa shape index (κ1) is 28.4. The van der Waals surface area contributed by atoms with Gasteiger partial charge in [0.15, 0.2) is 0 Å². The van der Waals surface area contributed by atoms with Gasteiger partial charge in [-0.05, 0) is 35.1 Å².